The van der Waals surface area contributed by atoms with Crippen molar-refractivity contribution in [1.82, 2.24) is 0 Å². The van der Waals surface area contributed by atoms with Crippen molar-refractivity contribution >= 4 is 15.6 Å². The lowest BCUT2D eigenvalue weighted by molar-refractivity contribution is 0.225. The summed E-state index contributed by atoms with van der Waals surface area (Å²) in [7, 11) is -10.1. The van der Waals surface area contributed by atoms with Gasteiger partial charge in [-0.3, -0.25) is 0 Å². The summed E-state index contributed by atoms with van der Waals surface area (Å²) in [6.45, 7) is 0. The van der Waals surface area contributed by atoms with Crippen LogP contribution in [0.25, 0.3) is 11.1 Å². The summed E-state index contributed by atoms with van der Waals surface area (Å²) in [5, 5.41) is 0. The Balaban J connectivity index is 0.000000327. The molecule has 35 heavy (non-hydrogen) atoms. The van der Waals surface area contributed by atoms with Crippen LogP contribution >= 0.6 is 15.6 Å². The van der Waals surface area contributed by atoms with E-state index in [0.717, 1.165) is 34.1 Å². The third-order valence-corrected chi connectivity index (χ3v) is 5.91. The third-order valence-electron chi connectivity index (χ3n) is 4.21. The van der Waals surface area contributed by atoms with Crippen LogP contribution in [0.15, 0.2) is 109 Å². The van der Waals surface area contributed by atoms with Crippen LogP contribution in [0.3, 0.4) is 0 Å². The Kier molecular flexibility index (Phi) is 8.98. The summed E-state index contributed by atoms with van der Waals surface area (Å²) in [6, 6.07) is 35.6. The van der Waals surface area contributed by atoms with Crippen LogP contribution < -0.4 is 9.47 Å². The molecule has 182 valence electrons. The van der Waals surface area contributed by atoms with E-state index in [4.69, 9.17) is 29.0 Å². The molecule has 0 amide bonds. The van der Waals surface area contributed by atoms with Crippen LogP contribution in [0.2, 0.25) is 0 Å². The normalized spacial score (nSPS) is 11.2. The Hall–Kier alpha value is -3.26. The molecule has 0 heterocycles. The van der Waals surface area contributed by atoms with Gasteiger partial charge in [0.1, 0.15) is 23.0 Å². The second-order valence-electron chi connectivity index (χ2n) is 6.89. The average Bonchev–Trinajstić information content (AvgIpc) is 2.79. The molecule has 0 bridgehead atoms. The first-order valence-electron chi connectivity index (χ1n) is 10.1. The topological polar surface area (TPSA) is 143 Å². The second kappa shape index (κ2) is 11.9. The second-order valence-corrected chi connectivity index (χ2v) is 9.50. The largest absolute Gasteiger partial charge is 0.478 e. The Bertz CT molecular complexity index is 1230. The molecule has 4 aromatic carbocycles. The highest BCUT2D eigenvalue weighted by Crippen LogP contribution is 2.53. The summed E-state index contributed by atoms with van der Waals surface area (Å²) >= 11 is 0. The van der Waals surface area contributed by atoms with Gasteiger partial charge in [0.05, 0.1) is 5.56 Å². The van der Waals surface area contributed by atoms with Gasteiger partial charge in [-0.25, -0.2) is 9.13 Å². The Morgan fingerprint density at radius 3 is 1.20 bits per heavy atom. The van der Waals surface area contributed by atoms with Crippen molar-refractivity contribution in [2.75, 3.05) is 0 Å². The number of phosphoric acid groups is 2. The molecule has 0 saturated heterocycles. The van der Waals surface area contributed by atoms with Gasteiger partial charge in [-0.1, -0.05) is 72.8 Å². The number of hydrogen-bond acceptors (Lipinski definition) is 5. The maximum Gasteiger partial charge on any atom is 0.478 e. The maximum atomic E-state index is 9.63. The van der Waals surface area contributed by atoms with Crippen molar-refractivity contribution in [1.29, 1.82) is 0 Å². The maximum absolute atomic E-state index is 9.63. The number of hydrogen-bond donors (Lipinski definition) is 4. The van der Waals surface area contributed by atoms with Crippen molar-refractivity contribution in [2.24, 2.45) is 0 Å². The molecule has 11 heteroatoms. The number of para-hydroxylation sites is 2. The molecule has 0 aromatic heterocycles. The molecule has 9 nitrogen and oxygen atoms in total. The first-order valence-corrected chi connectivity index (χ1v) is 13.1. The van der Waals surface area contributed by atoms with Crippen LogP contribution in [0.1, 0.15) is 0 Å². The van der Waals surface area contributed by atoms with Crippen molar-refractivity contribution in [2.45, 2.75) is 0 Å². The van der Waals surface area contributed by atoms with Gasteiger partial charge >= 0.3 is 15.6 Å². The van der Waals surface area contributed by atoms with Gasteiger partial charge in [-0.05, 0) is 42.0 Å². The monoisotopic (exact) mass is 516 g/mol. The summed E-state index contributed by atoms with van der Waals surface area (Å²) < 4.78 is 34.5. The van der Waals surface area contributed by atoms with E-state index in [1.165, 1.54) is 0 Å². The van der Waals surface area contributed by atoms with Gasteiger partial charge < -0.3 is 29.0 Å². The van der Waals surface area contributed by atoms with E-state index in [9.17, 15) is 9.13 Å². The molecule has 0 saturated carbocycles. The van der Waals surface area contributed by atoms with Crippen LogP contribution in [-0.4, -0.2) is 19.6 Å². The van der Waals surface area contributed by atoms with Crippen LogP contribution in [0.5, 0.6) is 23.0 Å². The van der Waals surface area contributed by atoms with E-state index in [1.807, 2.05) is 97.1 Å². The average molecular weight is 516 g/mol. The standard InChI is InChI=1S/C24H18O2.H4O7P2/c1-4-11-19(12-5-1)24-22(25-20-13-6-2-7-14-20)17-10-18-23(24)26-21-15-8-3-9-16-21;1-8(2,3)7-9(4,5)6/h1-18H;(H2,1,2,3)(H2,4,5,6). The minimum absolute atomic E-state index is 0.760. The van der Waals surface area contributed by atoms with Gasteiger partial charge in [0.2, 0.25) is 0 Å². The molecule has 0 unspecified atom stereocenters. The fourth-order valence-corrected chi connectivity index (χ4v) is 4.05. The molecule has 0 atom stereocenters. The summed E-state index contributed by atoms with van der Waals surface area (Å²) in [5.41, 5.74) is 1.98. The van der Waals surface area contributed by atoms with Crippen molar-refractivity contribution < 1.29 is 42.5 Å². The molecule has 4 aromatic rings. The highest BCUT2D eigenvalue weighted by atomic mass is 31.3. The van der Waals surface area contributed by atoms with E-state index in [-0.39, 0.29) is 0 Å². The molecule has 0 fully saturated rings. The van der Waals surface area contributed by atoms with Gasteiger partial charge in [0.15, 0.2) is 0 Å². The Labute approximate surface area is 201 Å². The van der Waals surface area contributed by atoms with Gasteiger partial charge in [-0.2, -0.15) is 4.31 Å². The van der Waals surface area contributed by atoms with E-state index in [1.54, 1.807) is 0 Å². The lowest BCUT2D eigenvalue weighted by Crippen LogP contribution is -1.93. The molecule has 0 radical (unpaired) electrons. The predicted octanol–water partition coefficient (Wildman–Crippen LogP) is 6.13. The van der Waals surface area contributed by atoms with Gasteiger partial charge in [-0.15, -0.1) is 0 Å². The highest BCUT2D eigenvalue weighted by Gasteiger charge is 2.28. The van der Waals surface area contributed by atoms with Crippen LogP contribution in [-0.2, 0) is 13.4 Å². The fourth-order valence-electron chi connectivity index (χ4n) is 2.94. The summed E-state index contributed by atoms with van der Waals surface area (Å²) in [5.74, 6) is 3.11. The first-order chi connectivity index (χ1) is 16.6. The molecule has 0 aliphatic rings. The SMILES string of the molecule is O=P(O)(O)OP(=O)(O)O.c1ccc(Oc2cccc(Oc3ccccc3)c2-c2ccccc2)cc1. The van der Waals surface area contributed by atoms with E-state index in [0.29, 0.717) is 0 Å². The molecular weight excluding hydrogens is 494 g/mol. The molecule has 0 spiro atoms. The number of benzene rings is 4. The molecule has 4 N–H and O–H groups in total. The zero-order chi connectivity index (χ0) is 25.3. The van der Waals surface area contributed by atoms with Crippen molar-refractivity contribution in [3.05, 3.63) is 109 Å². The molecular formula is C24H22O9P2. The summed E-state index contributed by atoms with van der Waals surface area (Å²) in [4.78, 5) is 31.0. The molecule has 0 aliphatic carbocycles. The minimum atomic E-state index is -5.05. The first kappa shape index (κ1) is 26.3. The van der Waals surface area contributed by atoms with Crippen molar-refractivity contribution in [3.8, 4) is 34.1 Å². The van der Waals surface area contributed by atoms with Gasteiger partial charge in [0, 0.05) is 0 Å². The lowest BCUT2D eigenvalue weighted by atomic mass is 10.0. The smallest absolute Gasteiger partial charge is 0.457 e. The predicted molar refractivity (Wildman–Crippen MR) is 130 cm³/mol. The lowest BCUT2D eigenvalue weighted by Gasteiger charge is -2.16. The Morgan fingerprint density at radius 2 is 0.857 bits per heavy atom. The Morgan fingerprint density at radius 1 is 0.486 bits per heavy atom. The highest BCUT2D eigenvalue weighted by molar-refractivity contribution is 7.60. The molecule has 0 aliphatic heterocycles. The zero-order valence-electron chi connectivity index (χ0n) is 18.1. The minimum Gasteiger partial charge on any atom is -0.457 e. The van der Waals surface area contributed by atoms with E-state index >= 15 is 0 Å². The van der Waals surface area contributed by atoms with E-state index < -0.39 is 15.6 Å². The van der Waals surface area contributed by atoms with Gasteiger partial charge in [0.25, 0.3) is 0 Å². The third kappa shape index (κ3) is 9.13. The molecule has 4 rings (SSSR count). The fraction of sp³-hybridized carbons (Fsp3) is 0. The van der Waals surface area contributed by atoms with Crippen LogP contribution in [0, 0.1) is 0 Å². The summed E-state index contributed by atoms with van der Waals surface area (Å²) in [6.07, 6.45) is 0. The quantitative estimate of drug-likeness (QED) is 0.213. The zero-order valence-corrected chi connectivity index (χ0v) is 19.9. The number of ether oxygens (including phenoxy) is 2. The van der Waals surface area contributed by atoms with E-state index in [2.05, 4.69) is 16.4 Å². The number of rotatable bonds is 7. The van der Waals surface area contributed by atoms with Crippen LogP contribution in [0.4, 0.5) is 0 Å². The van der Waals surface area contributed by atoms with Crippen molar-refractivity contribution in [3.63, 3.8) is 0 Å².